The number of benzene rings is 1. The van der Waals surface area contributed by atoms with Crippen molar-refractivity contribution < 1.29 is 0 Å². The minimum absolute atomic E-state index is 0.396. The molecule has 16 heavy (non-hydrogen) atoms. The molecular weight excluding hydrogens is 311 g/mol. The van der Waals surface area contributed by atoms with Crippen LogP contribution in [0.1, 0.15) is 5.56 Å². The summed E-state index contributed by atoms with van der Waals surface area (Å²) in [6.45, 7) is 0. The number of nitrogens with one attached hydrogen (secondary N) is 1. The first-order chi connectivity index (χ1) is 7.63. The van der Waals surface area contributed by atoms with Crippen molar-refractivity contribution >= 4 is 39.1 Å². The van der Waals surface area contributed by atoms with Crippen LogP contribution in [0.4, 0.5) is 0 Å². The number of H-pyrrole nitrogens is 1. The molecule has 0 spiro atoms. The predicted octanol–water partition coefficient (Wildman–Crippen LogP) is 4.62. The summed E-state index contributed by atoms with van der Waals surface area (Å²) in [4.78, 5) is 3.02. The van der Waals surface area contributed by atoms with Crippen LogP contribution in [0.2, 0.25) is 10.0 Å². The SMILES string of the molecule is N#Cc1c(-c2ccc(Cl)cc2)[nH]c(Br)c1Cl. The normalized spacial score (nSPS) is 10.1. The molecule has 1 aromatic heterocycles. The summed E-state index contributed by atoms with van der Waals surface area (Å²) in [7, 11) is 0. The van der Waals surface area contributed by atoms with E-state index in [0.29, 0.717) is 25.9 Å². The molecule has 1 aromatic carbocycles. The van der Waals surface area contributed by atoms with Crippen molar-refractivity contribution in [3.05, 3.63) is 44.5 Å². The molecular formula is C11H5BrCl2N2. The molecule has 0 bridgehead atoms. The number of nitriles is 1. The summed E-state index contributed by atoms with van der Waals surface area (Å²) in [6, 6.07) is 9.26. The van der Waals surface area contributed by atoms with Gasteiger partial charge in [-0.25, -0.2) is 0 Å². The summed E-state index contributed by atoms with van der Waals surface area (Å²) < 4.78 is 0.607. The van der Waals surface area contributed by atoms with E-state index in [4.69, 9.17) is 28.5 Å². The van der Waals surface area contributed by atoms with Crippen molar-refractivity contribution in [1.29, 1.82) is 5.26 Å². The van der Waals surface area contributed by atoms with Crippen LogP contribution in [0, 0.1) is 11.3 Å². The van der Waals surface area contributed by atoms with E-state index >= 15 is 0 Å². The van der Waals surface area contributed by atoms with E-state index in [-0.39, 0.29) is 0 Å². The molecule has 0 saturated carbocycles. The van der Waals surface area contributed by atoms with Crippen LogP contribution in [0.3, 0.4) is 0 Å². The molecule has 0 saturated heterocycles. The second-order valence-corrected chi connectivity index (χ2v) is 4.73. The van der Waals surface area contributed by atoms with Crippen molar-refractivity contribution in [1.82, 2.24) is 4.98 Å². The van der Waals surface area contributed by atoms with Gasteiger partial charge in [-0.2, -0.15) is 5.26 Å². The molecule has 0 aliphatic rings. The fourth-order valence-corrected chi connectivity index (χ4v) is 2.09. The molecule has 2 nitrogen and oxygen atoms in total. The maximum Gasteiger partial charge on any atom is 0.103 e. The molecule has 0 amide bonds. The zero-order chi connectivity index (χ0) is 11.7. The van der Waals surface area contributed by atoms with Crippen molar-refractivity contribution in [3.63, 3.8) is 0 Å². The first kappa shape index (κ1) is 11.5. The van der Waals surface area contributed by atoms with Gasteiger partial charge in [0.05, 0.1) is 16.3 Å². The van der Waals surface area contributed by atoms with Crippen molar-refractivity contribution in [2.45, 2.75) is 0 Å². The molecule has 2 rings (SSSR count). The molecule has 0 radical (unpaired) electrons. The number of aromatic amines is 1. The summed E-state index contributed by atoms with van der Waals surface area (Å²) in [5.74, 6) is 0. The first-order valence-corrected chi connectivity index (χ1v) is 5.91. The number of nitrogens with zero attached hydrogens (tertiary/aromatic N) is 1. The van der Waals surface area contributed by atoms with Gasteiger partial charge in [-0.3, -0.25) is 0 Å². The molecule has 0 aliphatic carbocycles. The van der Waals surface area contributed by atoms with E-state index in [9.17, 15) is 0 Å². The maximum absolute atomic E-state index is 9.03. The number of hydrogen-bond donors (Lipinski definition) is 1. The topological polar surface area (TPSA) is 39.6 Å². The summed E-state index contributed by atoms with van der Waals surface area (Å²) >= 11 is 15.0. The van der Waals surface area contributed by atoms with E-state index in [0.717, 1.165) is 5.56 Å². The maximum atomic E-state index is 9.03. The molecule has 0 atom stereocenters. The highest BCUT2D eigenvalue weighted by Gasteiger charge is 2.15. The van der Waals surface area contributed by atoms with E-state index in [1.54, 1.807) is 12.1 Å². The third-order valence-corrected chi connectivity index (χ3v) is 3.59. The first-order valence-electron chi connectivity index (χ1n) is 4.36. The van der Waals surface area contributed by atoms with E-state index in [1.807, 2.05) is 12.1 Å². The fourth-order valence-electron chi connectivity index (χ4n) is 1.38. The van der Waals surface area contributed by atoms with Crippen LogP contribution < -0.4 is 0 Å². The van der Waals surface area contributed by atoms with Gasteiger partial charge in [0.2, 0.25) is 0 Å². The van der Waals surface area contributed by atoms with Crippen molar-refractivity contribution in [2.24, 2.45) is 0 Å². The number of rotatable bonds is 1. The largest absolute Gasteiger partial charge is 0.347 e. The Hall–Kier alpha value is -0.950. The summed E-state index contributed by atoms with van der Waals surface area (Å²) in [5, 5.41) is 10.1. The lowest BCUT2D eigenvalue weighted by molar-refractivity contribution is 1.35. The standard InChI is InChI=1S/C11H5BrCl2N2/c12-11-9(14)8(5-15)10(16-11)6-1-3-7(13)4-2-6/h1-4,16H. The second kappa shape index (κ2) is 4.50. The van der Waals surface area contributed by atoms with Crippen LogP contribution >= 0.6 is 39.1 Å². The molecule has 1 N–H and O–H groups in total. The quantitative estimate of drug-likeness (QED) is 0.819. The summed E-state index contributed by atoms with van der Waals surface area (Å²) in [5.41, 5.74) is 1.99. The minimum Gasteiger partial charge on any atom is -0.347 e. The average molecular weight is 316 g/mol. The molecule has 0 aliphatic heterocycles. The lowest BCUT2D eigenvalue weighted by atomic mass is 10.1. The fraction of sp³-hybridized carbons (Fsp3) is 0. The van der Waals surface area contributed by atoms with Gasteiger partial charge in [-0.1, -0.05) is 35.3 Å². The Bertz CT molecular complexity index is 567. The Morgan fingerprint density at radius 1 is 1.19 bits per heavy atom. The molecule has 1 heterocycles. The van der Waals surface area contributed by atoms with Gasteiger partial charge in [0.15, 0.2) is 0 Å². The van der Waals surface area contributed by atoms with E-state index in [1.165, 1.54) is 0 Å². The third kappa shape index (κ3) is 1.97. The van der Waals surface area contributed by atoms with Gasteiger partial charge in [-0.15, -0.1) is 0 Å². The van der Waals surface area contributed by atoms with Crippen LogP contribution in [-0.2, 0) is 0 Å². The van der Waals surface area contributed by atoms with Gasteiger partial charge in [0, 0.05) is 5.02 Å². The van der Waals surface area contributed by atoms with Crippen LogP contribution in [-0.4, -0.2) is 4.98 Å². The van der Waals surface area contributed by atoms with Crippen molar-refractivity contribution in [2.75, 3.05) is 0 Å². The van der Waals surface area contributed by atoms with Gasteiger partial charge >= 0.3 is 0 Å². The van der Waals surface area contributed by atoms with Gasteiger partial charge in [-0.05, 0) is 33.6 Å². The van der Waals surface area contributed by atoms with Gasteiger partial charge in [0.25, 0.3) is 0 Å². The Morgan fingerprint density at radius 2 is 1.81 bits per heavy atom. The lowest BCUT2D eigenvalue weighted by Gasteiger charge is -1.98. The summed E-state index contributed by atoms with van der Waals surface area (Å²) in [6.07, 6.45) is 0. The van der Waals surface area contributed by atoms with E-state index in [2.05, 4.69) is 27.0 Å². The highest BCUT2D eigenvalue weighted by atomic mass is 79.9. The predicted molar refractivity (Wildman–Crippen MR) is 68.7 cm³/mol. The Morgan fingerprint density at radius 3 is 2.38 bits per heavy atom. The smallest absolute Gasteiger partial charge is 0.103 e. The monoisotopic (exact) mass is 314 g/mol. The average Bonchev–Trinajstić information content (AvgIpc) is 2.56. The van der Waals surface area contributed by atoms with Gasteiger partial charge < -0.3 is 4.98 Å². The van der Waals surface area contributed by atoms with Crippen LogP contribution in [0.5, 0.6) is 0 Å². The van der Waals surface area contributed by atoms with Crippen molar-refractivity contribution in [3.8, 4) is 17.3 Å². The Kier molecular flexibility index (Phi) is 3.25. The van der Waals surface area contributed by atoms with Crippen LogP contribution in [0.15, 0.2) is 28.9 Å². The van der Waals surface area contributed by atoms with E-state index < -0.39 is 0 Å². The molecule has 5 heteroatoms. The molecule has 2 aromatic rings. The highest BCUT2D eigenvalue weighted by Crippen LogP contribution is 2.34. The number of hydrogen-bond acceptors (Lipinski definition) is 1. The second-order valence-electron chi connectivity index (χ2n) is 3.12. The third-order valence-electron chi connectivity index (χ3n) is 2.14. The molecule has 0 fully saturated rings. The lowest BCUT2D eigenvalue weighted by Crippen LogP contribution is -1.81. The Labute approximate surface area is 111 Å². The van der Waals surface area contributed by atoms with Crippen LogP contribution in [0.25, 0.3) is 11.3 Å². The zero-order valence-electron chi connectivity index (χ0n) is 7.89. The number of aromatic nitrogens is 1. The number of halogens is 3. The minimum atomic E-state index is 0.396. The molecule has 80 valence electrons. The van der Waals surface area contributed by atoms with Gasteiger partial charge in [0.1, 0.15) is 10.7 Å². The highest BCUT2D eigenvalue weighted by molar-refractivity contribution is 9.10. The Balaban J connectivity index is 2.61. The zero-order valence-corrected chi connectivity index (χ0v) is 11.0. The molecule has 0 unspecified atom stereocenters.